The van der Waals surface area contributed by atoms with E-state index in [0.29, 0.717) is 17.0 Å². The van der Waals surface area contributed by atoms with Crippen molar-refractivity contribution in [2.45, 2.75) is 31.0 Å². The van der Waals surface area contributed by atoms with Crippen molar-refractivity contribution in [3.05, 3.63) is 18.3 Å². The van der Waals surface area contributed by atoms with Gasteiger partial charge in [-0.1, -0.05) is 5.92 Å². The van der Waals surface area contributed by atoms with E-state index in [1.807, 2.05) is 5.92 Å². The van der Waals surface area contributed by atoms with Crippen molar-refractivity contribution in [2.24, 2.45) is 0 Å². The number of aliphatic hydroxyl groups excluding tert-OH is 1. The lowest BCUT2D eigenvalue weighted by Crippen LogP contribution is -2.45. The van der Waals surface area contributed by atoms with Crippen LogP contribution in [0, 0.1) is 19.3 Å². The van der Waals surface area contributed by atoms with E-state index in [-0.39, 0.29) is 0 Å². The molecule has 2 aromatic heterocycles. The molecule has 3 rings (SSSR count). The average Bonchev–Trinajstić information content (AvgIpc) is 2.99. The number of fused-ring (bicyclic) bond motifs is 1. The van der Waals surface area contributed by atoms with E-state index in [9.17, 15) is 15.3 Å². The van der Waals surface area contributed by atoms with Gasteiger partial charge < -0.3 is 20.1 Å². The molecule has 0 saturated carbocycles. The summed E-state index contributed by atoms with van der Waals surface area (Å²) in [5, 5.41) is 30.2. The molecule has 2 aromatic rings. The number of aryl methyl sites for hydroxylation is 1. The van der Waals surface area contributed by atoms with Crippen LogP contribution in [-0.4, -0.2) is 59.2 Å². The smallest absolute Gasteiger partial charge is 0.199 e. The molecule has 0 bridgehead atoms. The van der Waals surface area contributed by atoms with Gasteiger partial charge in [0.15, 0.2) is 17.5 Å². The zero-order valence-electron chi connectivity index (χ0n) is 13.0. The Hall–Kier alpha value is -2.05. The van der Waals surface area contributed by atoms with Gasteiger partial charge in [0.1, 0.15) is 23.5 Å². The summed E-state index contributed by atoms with van der Waals surface area (Å²) >= 11 is 0. The summed E-state index contributed by atoms with van der Waals surface area (Å²) in [6.45, 7) is -1.25. The van der Waals surface area contributed by atoms with Gasteiger partial charge in [-0.25, -0.2) is 15.0 Å². The van der Waals surface area contributed by atoms with Crippen molar-refractivity contribution in [1.82, 2.24) is 19.5 Å². The lowest BCUT2D eigenvalue weighted by atomic mass is 9.95. The predicted molar refractivity (Wildman–Crippen MR) is 70.8 cm³/mol. The number of ether oxygens (including phenoxy) is 1. The van der Waals surface area contributed by atoms with Crippen molar-refractivity contribution in [2.75, 3.05) is 6.56 Å². The zero-order chi connectivity index (χ0) is 17.0. The maximum atomic E-state index is 10.6. The van der Waals surface area contributed by atoms with Crippen LogP contribution < -0.4 is 0 Å². The number of rotatable bonds is 2. The summed E-state index contributed by atoms with van der Waals surface area (Å²) in [7, 11) is 0. The van der Waals surface area contributed by atoms with Crippen LogP contribution in [0.15, 0.2) is 12.5 Å². The van der Waals surface area contributed by atoms with Crippen LogP contribution in [0.4, 0.5) is 0 Å². The van der Waals surface area contributed by atoms with E-state index in [1.54, 1.807) is 6.92 Å². The highest BCUT2D eigenvalue weighted by atomic mass is 16.6. The van der Waals surface area contributed by atoms with Crippen molar-refractivity contribution < 1.29 is 22.8 Å². The molecule has 1 saturated heterocycles. The second-order valence-electron chi connectivity index (χ2n) is 4.73. The molecule has 1 aliphatic heterocycles. The summed E-state index contributed by atoms with van der Waals surface area (Å²) in [6, 6.07) is 0. The first kappa shape index (κ1) is 11.6. The molecule has 1 fully saturated rings. The normalized spacial score (nSPS) is 34.5. The van der Waals surface area contributed by atoms with Gasteiger partial charge in [-0.3, -0.25) is 4.57 Å². The van der Waals surface area contributed by atoms with E-state index in [1.165, 1.54) is 17.1 Å². The van der Waals surface area contributed by atoms with Gasteiger partial charge in [-0.2, -0.15) is 0 Å². The molecule has 0 aromatic carbocycles. The van der Waals surface area contributed by atoms with E-state index in [0.717, 1.165) is 0 Å². The van der Waals surface area contributed by atoms with Crippen LogP contribution in [0.25, 0.3) is 11.2 Å². The molecule has 1 aliphatic rings. The Morgan fingerprint density at radius 2 is 2.38 bits per heavy atom. The number of terminal acetylenes is 1. The fraction of sp³-hybridized carbons (Fsp3) is 0.462. The first-order chi connectivity index (χ1) is 10.7. The van der Waals surface area contributed by atoms with Gasteiger partial charge in [0.2, 0.25) is 0 Å². The lowest BCUT2D eigenvalue weighted by Gasteiger charge is -2.26. The topological polar surface area (TPSA) is 114 Å². The van der Waals surface area contributed by atoms with Gasteiger partial charge >= 0.3 is 0 Å². The number of hydrogen-bond acceptors (Lipinski definition) is 7. The molecule has 110 valence electrons. The number of imidazole rings is 1. The largest absolute Gasteiger partial charge is 0.394 e. The van der Waals surface area contributed by atoms with Crippen LogP contribution in [-0.2, 0) is 4.74 Å². The summed E-state index contributed by atoms with van der Waals surface area (Å²) in [5.74, 6) is 2.46. The molecule has 21 heavy (non-hydrogen) atoms. The molecule has 8 nitrogen and oxygen atoms in total. The van der Waals surface area contributed by atoms with Gasteiger partial charge in [-0.05, 0) is 6.92 Å². The minimum Gasteiger partial charge on any atom is -0.394 e. The lowest BCUT2D eigenvalue weighted by molar-refractivity contribution is -0.0721. The minimum atomic E-state index is -2.90. The number of aromatic nitrogens is 4. The summed E-state index contributed by atoms with van der Waals surface area (Å²) < 4.78 is 21.3. The number of hydrogen-bond donors (Lipinski definition) is 3. The number of aliphatic hydroxyl groups is 3. The van der Waals surface area contributed by atoms with Crippen molar-refractivity contribution >= 4 is 11.2 Å². The Bertz CT molecular complexity index is 799. The summed E-state index contributed by atoms with van der Waals surface area (Å²) in [5.41, 5.74) is -1.57. The van der Waals surface area contributed by atoms with Gasteiger partial charge in [0.05, 0.1) is 21.8 Å². The number of nitrogens with zero attached hydrogens (tertiary/aromatic N) is 4. The molecule has 0 amide bonds. The molecule has 0 spiro atoms. The quantitative estimate of drug-likeness (QED) is 0.593. The van der Waals surface area contributed by atoms with E-state index < -0.39 is 30.6 Å². The first-order valence-corrected chi connectivity index (χ1v) is 6.10. The van der Waals surface area contributed by atoms with Gasteiger partial charge in [0.25, 0.3) is 0 Å². The zero-order valence-corrected chi connectivity index (χ0v) is 11.0. The van der Waals surface area contributed by atoms with Crippen molar-refractivity contribution in [3.63, 3.8) is 0 Å². The highest BCUT2D eigenvalue weighted by molar-refractivity contribution is 5.69. The highest BCUT2D eigenvalue weighted by Gasteiger charge is 2.55. The molecule has 0 radical (unpaired) electrons. The highest BCUT2D eigenvalue weighted by Crippen LogP contribution is 2.39. The van der Waals surface area contributed by atoms with Crippen LogP contribution in [0.5, 0.6) is 0 Å². The Labute approximate surface area is 122 Å². The standard InChI is InChI=1S/C13H14N4O4/c1-3-13(20)10(19)9(5-18)21-12(13)17-6-15-8-4-14-7(2)16-11(8)17/h1,4,6,9-10,12,18-20H,5H2,2H3/t9-,10+,12-,13?/m1/s1/i5D2. The Morgan fingerprint density at radius 3 is 3.05 bits per heavy atom. The molecule has 3 N–H and O–H groups in total. The fourth-order valence-corrected chi connectivity index (χ4v) is 2.31. The Balaban J connectivity index is 2.14. The molecular weight excluding hydrogens is 276 g/mol. The third kappa shape index (κ3) is 1.91. The average molecular weight is 292 g/mol. The van der Waals surface area contributed by atoms with Crippen LogP contribution in [0.3, 0.4) is 0 Å². The van der Waals surface area contributed by atoms with Crippen LogP contribution in [0.1, 0.15) is 14.8 Å². The van der Waals surface area contributed by atoms with E-state index in [2.05, 4.69) is 15.0 Å². The van der Waals surface area contributed by atoms with E-state index in [4.69, 9.17) is 13.9 Å². The first-order valence-electron chi connectivity index (χ1n) is 7.10. The molecule has 1 unspecified atom stereocenters. The summed E-state index contributed by atoms with van der Waals surface area (Å²) in [6.07, 6.45) is 3.11. The predicted octanol–water partition coefficient (Wildman–Crippen LogP) is -1.25. The van der Waals surface area contributed by atoms with Gasteiger partial charge in [0, 0.05) is 0 Å². The second kappa shape index (κ2) is 4.75. The third-order valence-electron chi connectivity index (χ3n) is 3.44. The Kier molecular flexibility index (Phi) is 2.62. The monoisotopic (exact) mass is 292 g/mol. The summed E-state index contributed by atoms with van der Waals surface area (Å²) in [4.78, 5) is 12.2. The fourth-order valence-electron chi connectivity index (χ4n) is 2.31. The van der Waals surface area contributed by atoms with Crippen LogP contribution in [0.2, 0.25) is 0 Å². The molecular formula is C13H14N4O4. The molecule has 3 heterocycles. The minimum absolute atomic E-state index is 0.294. The molecule has 8 heteroatoms. The maximum absolute atomic E-state index is 10.6. The maximum Gasteiger partial charge on any atom is 0.199 e. The Morgan fingerprint density at radius 1 is 1.62 bits per heavy atom. The van der Waals surface area contributed by atoms with Crippen molar-refractivity contribution in [1.29, 1.82) is 0 Å². The van der Waals surface area contributed by atoms with Gasteiger partial charge in [-0.15, -0.1) is 6.42 Å². The molecule has 0 aliphatic carbocycles. The van der Waals surface area contributed by atoms with Crippen LogP contribution >= 0.6 is 0 Å². The van der Waals surface area contributed by atoms with Crippen molar-refractivity contribution in [3.8, 4) is 12.3 Å². The van der Waals surface area contributed by atoms with E-state index >= 15 is 0 Å². The second-order valence-corrected chi connectivity index (χ2v) is 4.73. The SMILES string of the molecule is [2H]C([2H])(O)[C@H]1O[C@@H](n2cnc3cnc(C)nc32)C(O)(C#C)[C@H]1O. The molecule has 4 atom stereocenters. The third-order valence-corrected chi connectivity index (χ3v) is 3.44.